The summed E-state index contributed by atoms with van der Waals surface area (Å²) in [5.74, 6) is -0.289. The van der Waals surface area contributed by atoms with Crippen LogP contribution in [0.15, 0.2) is 22.7 Å². The van der Waals surface area contributed by atoms with Gasteiger partial charge in [-0.2, -0.15) is 0 Å². The van der Waals surface area contributed by atoms with Gasteiger partial charge in [-0.1, -0.05) is 0 Å². The highest BCUT2D eigenvalue weighted by Gasteiger charge is 2.11. The minimum absolute atomic E-state index is 0.289. The quantitative estimate of drug-likeness (QED) is 0.885. The maximum Gasteiger partial charge on any atom is 0.139 e. The largest absolute Gasteiger partial charge is 0.390 e. The Kier molecular flexibility index (Phi) is 4.11. The Bertz CT molecular complexity index is 336. The van der Waals surface area contributed by atoms with Crippen molar-refractivity contribution in [2.75, 3.05) is 11.9 Å². The molecule has 0 aliphatic rings. The van der Waals surface area contributed by atoms with Gasteiger partial charge in [0, 0.05) is 12.2 Å². The van der Waals surface area contributed by atoms with E-state index >= 15 is 0 Å². The van der Waals surface area contributed by atoms with Crippen LogP contribution in [0, 0.1) is 5.82 Å². The zero-order valence-corrected chi connectivity index (χ0v) is 10.4. The third-order valence-corrected chi connectivity index (χ3v) is 2.63. The average molecular weight is 276 g/mol. The highest BCUT2D eigenvalue weighted by atomic mass is 79.9. The summed E-state index contributed by atoms with van der Waals surface area (Å²) < 4.78 is 13.6. The van der Waals surface area contributed by atoms with Crippen LogP contribution in [0.4, 0.5) is 10.1 Å². The van der Waals surface area contributed by atoms with Crippen LogP contribution in [0.2, 0.25) is 0 Å². The molecule has 84 valence electrons. The third-order valence-electron chi connectivity index (χ3n) is 1.99. The maximum absolute atomic E-state index is 13.1. The third kappa shape index (κ3) is 4.62. The maximum atomic E-state index is 13.1. The van der Waals surface area contributed by atoms with E-state index in [-0.39, 0.29) is 5.82 Å². The van der Waals surface area contributed by atoms with E-state index in [1.54, 1.807) is 26.0 Å². The fourth-order valence-corrected chi connectivity index (χ4v) is 1.37. The average Bonchev–Trinajstić information content (AvgIpc) is 2.09. The van der Waals surface area contributed by atoms with Gasteiger partial charge in [0.1, 0.15) is 5.82 Å². The van der Waals surface area contributed by atoms with Gasteiger partial charge in [0.15, 0.2) is 0 Å². The summed E-state index contributed by atoms with van der Waals surface area (Å²) in [5, 5.41) is 12.5. The van der Waals surface area contributed by atoms with Gasteiger partial charge in [0.25, 0.3) is 0 Å². The molecule has 0 atom stereocenters. The first kappa shape index (κ1) is 12.5. The number of aliphatic hydroxyl groups is 1. The van der Waals surface area contributed by atoms with Crippen molar-refractivity contribution in [3.8, 4) is 0 Å². The number of hydrogen-bond acceptors (Lipinski definition) is 2. The van der Waals surface area contributed by atoms with Crippen LogP contribution in [0.1, 0.15) is 20.3 Å². The van der Waals surface area contributed by atoms with Gasteiger partial charge in [0.05, 0.1) is 10.1 Å². The highest BCUT2D eigenvalue weighted by molar-refractivity contribution is 9.10. The molecular formula is C11H15BrFNO. The second-order valence-corrected chi connectivity index (χ2v) is 4.97. The minimum Gasteiger partial charge on any atom is -0.390 e. The summed E-state index contributed by atoms with van der Waals surface area (Å²) in [4.78, 5) is 0. The smallest absolute Gasteiger partial charge is 0.139 e. The van der Waals surface area contributed by atoms with Crippen molar-refractivity contribution in [1.29, 1.82) is 0 Å². The first-order valence-electron chi connectivity index (χ1n) is 4.80. The lowest BCUT2D eigenvalue weighted by Gasteiger charge is -2.17. The molecule has 0 bridgehead atoms. The highest BCUT2D eigenvalue weighted by Crippen LogP contribution is 2.19. The van der Waals surface area contributed by atoms with Crippen LogP contribution in [0.3, 0.4) is 0 Å². The molecule has 2 nitrogen and oxygen atoms in total. The fraction of sp³-hybridized carbons (Fsp3) is 0.455. The molecule has 1 rings (SSSR count). The number of rotatable bonds is 4. The van der Waals surface area contributed by atoms with Crippen LogP contribution in [-0.4, -0.2) is 17.3 Å². The molecule has 0 aliphatic carbocycles. The van der Waals surface area contributed by atoms with Gasteiger partial charge in [-0.05, 0) is 54.4 Å². The lowest BCUT2D eigenvalue weighted by molar-refractivity contribution is 0.0749. The molecule has 0 spiro atoms. The van der Waals surface area contributed by atoms with Crippen LogP contribution in [-0.2, 0) is 0 Å². The standard InChI is InChI=1S/C11H15BrFNO/c1-11(2,15)5-6-14-8-3-4-9(12)10(13)7-8/h3-4,7,14-15H,5-6H2,1-2H3. The van der Waals surface area contributed by atoms with Crippen LogP contribution < -0.4 is 5.32 Å². The van der Waals surface area contributed by atoms with Gasteiger partial charge >= 0.3 is 0 Å². The van der Waals surface area contributed by atoms with E-state index in [4.69, 9.17) is 0 Å². The molecule has 0 amide bonds. The molecule has 2 N–H and O–H groups in total. The normalized spacial score (nSPS) is 11.5. The molecule has 1 aromatic rings. The number of halogens is 2. The van der Waals surface area contributed by atoms with E-state index in [1.807, 2.05) is 0 Å². The van der Waals surface area contributed by atoms with Crippen molar-refractivity contribution in [3.05, 3.63) is 28.5 Å². The van der Waals surface area contributed by atoms with Crippen molar-refractivity contribution in [1.82, 2.24) is 0 Å². The minimum atomic E-state index is -0.694. The zero-order chi connectivity index (χ0) is 11.5. The molecule has 0 saturated carbocycles. The molecule has 0 heterocycles. The second-order valence-electron chi connectivity index (χ2n) is 4.12. The van der Waals surface area contributed by atoms with E-state index < -0.39 is 5.60 Å². The summed E-state index contributed by atoms with van der Waals surface area (Å²) in [7, 11) is 0. The molecule has 0 unspecified atom stereocenters. The molecular weight excluding hydrogens is 261 g/mol. The van der Waals surface area contributed by atoms with Gasteiger partial charge < -0.3 is 10.4 Å². The molecule has 0 saturated heterocycles. The Morgan fingerprint density at radius 2 is 2.13 bits per heavy atom. The predicted molar refractivity (Wildman–Crippen MR) is 63.5 cm³/mol. The molecule has 0 aliphatic heterocycles. The second kappa shape index (κ2) is 4.94. The van der Waals surface area contributed by atoms with Crippen LogP contribution >= 0.6 is 15.9 Å². The van der Waals surface area contributed by atoms with Crippen molar-refractivity contribution < 1.29 is 9.50 Å². The number of hydrogen-bond donors (Lipinski definition) is 2. The Hall–Kier alpha value is -0.610. The first-order valence-corrected chi connectivity index (χ1v) is 5.59. The van der Waals surface area contributed by atoms with E-state index in [0.717, 1.165) is 5.69 Å². The lowest BCUT2D eigenvalue weighted by atomic mass is 10.1. The number of benzene rings is 1. The van der Waals surface area contributed by atoms with Crippen LogP contribution in [0.5, 0.6) is 0 Å². The van der Waals surface area contributed by atoms with E-state index in [1.165, 1.54) is 6.07 Å². The lowest BCUT2D eigenvalue weighted by Crippen LogP contribution is -2.22. The van der Waals surface area contributed by atoms with Crippen molar-refractivity contribution >= 4 is 21.6 Å². The molecule has 4 heteroatoms. The summed E-state index contributed by atoms with van der Waals surface area (Å²) >= 11 is 3.09. The first-order chi connectivity index (χ1) is 6.88. The van der Waals surface area contributed by atoms with Crippen molar-refractivity contribution in [3.63, 3.8) is 0 Å². The molecule has 15 heavy (non-hydrogen) atoms. The number of anilines is 1. The van der Waals surface area contributed by atoms with E-state index in [2.05, 4.69) is 21.2 Å². The van der Waals surface area contributed by atoms with E-state index in [0.29, 0.717) is 17.4 Å². The molecule has 0 radical (unpaired) electrons. The molecule has 0 aromatic heterocycles. The monoisotopic (exact) mass is 275 g/mol. The topological polar surface area (TPSA) is 32.3 Å². The van der Waals surface area contributed by atoms with Gasteiger partial charge in [-0.15, -0.1) is 0 Å². The summed E-state index contributed by atoms with van der Waals surface area (Å²) in [6, 6.07) is 4.87. The SMILES string of the molecule is CC(C)(O)CCNc1ccc(Br)c(F)c1. The Morgan fingerprint density at radius 3 is 2.67 bits per heavy atom. The van der Waals surface area contributed by atoms with Gasteiger partial charge in [-0.3, -0.25) is 0 Å². The van der Waals surface area contributed by atoms with Crippen molar-refractivity contribution in [2.24, 2.45) is 0 Å². The van der Waals surface area contributed by atoms with Gasteiger partial charge in [0.2, 0.25) is 0 Å². The predicted octanol–water partition coefficient (Wildman–Crippen LogP) is 3.16. The number of nitrogens with one attached hydrogen (secondary N) is 1. The summed E-state index contributed by atoms with van der Waals surface area (Å²) in [5.41, 5.74) is 0.0286. The Balaban J connectivity index is 2.48. The Morgan fingerprint density at radius 1 is 1.47 bits per heavy atom. The van der Waals surface area contributed by atoms with Crippen molar-refractivity contribution in [2.45, 2.75) is 25.9 Å². The molecule has 0 fully saturated rings. The Labute approximate surface area is 97.6 Å². The summed E-state index contributed by atoms with van der Waals surface area (Å²) in [6.45, 7) is 4.11. The van der Waals surface area contributed by atoms with Crippen LogP contribution in [0.25, 0.3) is 0 Å². The molecule has 1 aromatic carbocycles. The van der Waals surface area contributed by atoms with E-state index in [9.17, 15) is 9.50 Å². The summed E-state index contributed by atoms with van der Waals surface area (Å²) in [6.07, 6.45) is 0.616. The fourth-order valence-electron chi connectivity index (χ4n) is 1.12. The zero-order valence-electron chi connectivity index (χ0n) is 8.85. The van der Waals surface area contributed by atoms with Gasteiger partial charge in [-0.25, -0.2) is 4.39 Å².